The van der Waals surface area contributed by atoms with Crippen molar-refractivity contribution in [1.29, 1.82) is 0 Å². The van der Waals surface area contributed by atoms with Crippen molar-refractivity contribution in [3.63, 3.8) is 0 Å². The minimum atomic E-state index is 0.435. The van der Waals surface area contributed by atoms with Crippen LogP contribution in [0.15, 0.2) is 0 Å². The number of thioether (sulfide) groups is 2. The van der Waals surface area contributed by atoms with Crippen molar-refractivity contribution in [2.24, 2.45) is 5.92 Å². The van der Waals surface area contributed by atoms with Gasteiger partial charge in [-0.3, -0.25) is 0 Å². The minimum Gasteiger partial charge on any atom is -0.375 e. The first-order valence-corrected chi connectivity index (χ1v) is 8.10. The molecule has 2 saturated heterocycles. The highest BCUT2D eigenvalue weighted by atomic mass is 32.2. The zero-order chi connectivity index (χ0) is 10.9. The highest BCUT2D eigenvalue weighted by Crippen LogP contribution is 2.54. The average molecular weight is 246 g/mol. The second kappa shape index (κ2) is 4.89. The summed E-state index contributed by atoms with van der Waals surface area (Å²) < 4.78 is 6.56. The summed E-state index contributed by atoms with van der Waals surface area (Å²) in [5.41, 5.74) is 0. The van der Waals surface area contributed by atoms with E-state index < -0.39 is 0 Å². The molecule has 0 bridgehead atoms. The van der Waals surface area contributed by atoms with Crippen molar-refractivity contribution in [3.05, 3.63) is 0 Å². The molecule has 1 nitrogen and oxygen atoms in total. The predicted molar refractivity (Wildman–Crippen MR) is 70.7 cm³/mol. The second-order valence-electron chi connectivity index (χ2n) is 4.67. The molecule has 3 atom stereocenters. The fourth-order valence-electron chi connectivity index (χ4n) is 2.77. The standard InChI is InChI=1S/C12H22OS2/c1-4-9-8-10(11(5-2)13-9)12(3)14-6-7-15-12/h9-11H,4-8H2,1-3H3. The van der Waals surface area contributed by atoms with Gasteiger partial charge < -0.3 is 4.74 Å². The first-order chi connectivity index (χ1) is 7.19. The lowest BCUT2D eigenvalue weighted by molar-refractivity contribution is 0.0301. The van der Waals surface area contributed by atoms with Crippen LogP contribution in [0.1, 0.15) is 40.0 Å². The van der Waals surface area contributed by atoms with Gasteiger partial charge in [0.15, 0.2) is 0 Å². The Balaban J connectivity index is 2.06. The summed E-state index contributed by atoms with van der Waals surface area (Å²) in [6, 6.07) is 0. The highest BCUT2D eigenvalue weighted by molar-refractivity contribution is 8.21. The van der Waals surface area contributed by atoms with E-state index in [-0.39, 0.29) is 0 Å². The van der Waals surface area contributed by atoms with Crippen LogP contribution in [0, 0.1) is 5.92 Å². The van der Waals surface area contributed by atoms with E-state index in [0.29, 0.717) is 16.3 Å². The van der Waals surface area contributed by atoms with Crippen LogP contribution in [-0.2, 0) is 4.74 Å². The number of hydrogen-bond acceptors (Lipinski definition) is 3. The van der Waals surface area contributed by atoms with Crippen LogP contribution in [0.2, 0.25) is 0 Å². The molecule has 0 aromatic rings. The molecular weight excluding hydrogens is 224 g/mol. The van der Waals surface area contributed by atoms with Gasteiger partial charge in [-0.2, -0.15) is 0 Å². The van der Waals surface area contributed by atoms with Crippen molar-refractivity contribution in [3.8, 4) is 0 Å². The Kier molecular flexibility index (Phi) is 3.95. The normalized spacial score (nSPS) is 39.8. The molecule has 2 rings (SSSR count). The second-order valence-corrected chi connectivity index (χ2v) is 8.02. The Morgan fingerprint density at radius 2 is 1.87 bits per heavy atom. The fraction of sp³-hybridized carbons (Fsp3) is 1.00. The van der Waals surface area contributed by atoms with Gasteiger partial charge in [0.25, 0.3) is 0 Å². The molecule has 3 unspecified atom stereocenters. The van der Waals surface area contributed by atoms with E-state index in [2.05, 4.69) is 44.3 Å². The third-order valence-corrected chi connectivity index (χ3v) is 7.26. The molecule has 2 aliphatic rings. The largest absolute Gasteiger partial charge is 0.375 e. The molecule has 0 aromatic heterocycles. The van der Waals surface area contributed by atoms with Gasteiger partial charge in [0.05, 0.1) is 16.3 Å². The average Bonchev–Trinajstić information content (AvgIpc) is 2.84. The summed E-state index contributed by atoms with van der Waals surface area (Å²) in [4.78, 5) is 0. The lowest BCUT2D eigenvalue weighted by atomic mass is 9.93. The number of hydrogen-bond donors (Lipinski definition) is 0. The van der Waals surface area contributed by atoms with Crippen molar-refractivity contribution >= 4 is 23.5 Å². The topological polar surface area (TPSA) is 9.23 Å². The van der Waals surface area contributed by atoms with E-state index in [0.717, 1.165) is 5.92 Å². The Bertz CT molecular complexity index is 214. The maximum atomic E-state index is 6.12. The molecule has 15 heavy (non-hydrogen) atoms. The van der Waals surface area contributed by atoms with Crippen molar-refractivity contribution in [1.82, 2.24) is 0 Å². The third-order valence-electron chi connectivity index (χ3n) is 3.72. The Morgan fingerprint density at radius 3 is 2.40 bits per heavy atom. The Hall–Kier alpha value is 0.660. The van der Waals surface area contributed by atoms with Crippen molar-refractivity contribution in [2.45, 2.75) is 56.3 Å². The molecule has 2 heterocycles. The van der Waals surface area contributed by atoms with E-state index in [1.807, 2.05) is 0 Å². The van der Waals surface area contributed by atoms with Crippen LogP contribution in [0.5, 0.6) is 0 Å². The van der Waals surface area contributed by atoms with Crippen LogP contribution >= 0.6 is 23.5 Å². The van der Waals surface area contributed by atoms with Gasteiger partial charge in [0.1, 0.15) is 0 Å². The van der Waals surface area contributed by atoms with E-state index in [4.69, 9.17) is 4.74 Å². The molecule has 0 spiro atoms. The van der Waals surface area contributed by atoms with Crippen molar-refractivity contribution in [2.75, 3.05) is 11.5 Å². The summed E-state index contributed by atoms with van der Waals surface area (Å²) in [6.45, 7) is 6.95. The molecule has 88 valence electrons. The first-order valence-electron chi connectivity index (χ1n) is 6.13. The number of ether oxygens (including phenoxy) is 1. The molecule has 2 aliphatic heterocycles. The van der Waals surface area contributed by atoms with Crippen molar-refractivity contribution < 1.29 is 4.74 Å². The van der Waals surface area contributed by atoms with Gasteiger partial charge >= 0.3 is 0 Å². The summed E-state index contributed by atoms with van der Waals surface area (Å²) in [5, 5.41) is 0. The maximum absolute atomic E-state index is 6.12. The maximum Gasteiger partial charge on any atom is 0.0637 e. The smallest absolute Gasteiger partial charge is 0.0637 e. The quantitative estimate of drug-likeness (QED) is 0.750. The summed E-state index contributed by atoms with van der Waals surface area (Å²) in [6.07, 6.45) is 4.68. The van der Waals surface area contributed by atoms with E-state index >= 15 is 0 Å². The lowest BCUT2D eigenvalue weighted by Crippen LogP contribution is -2.31. The van der Waals surface area contributed by atoms with Crippen LogP contribution in [0.25, 0.3) is 0 Å². The van der Waals surface area contributed by atoms with Gasteiger partial charge in [-0.1, -0.05) is 13.8 Å². The SMILES string of the molecule is CCC1CC(C2(C)SCCS2)C(CC)O1. The van der Waals surface area contributed by atoms with E-state index in [9.17, 15) is 0 Å². The highest BCUT2D eigenvalue weighted by Gasteiger charge is 2.47. The number of rotatable bonds is 3. The van der Waals surface area contributed by atoms with Gasteiger partial charge in [-0.15, -0.1) is 23.5 Å². The lowest BCUT2D eigenvalue weighted by Gasteiger charge is -2.32. The Labute approximate surface area is 102 Å². The van der Waals surface area contributed by atoms with Gasteiger partial charge in [-0.25, -0.2) is 0 Å². The molecule has 0 N–H and O–H groups in total. The zero-order valence-electron chi connectivity index (χ0n) is 9.99. The molecule has 2 fully saturated rings. The van der Waals surface area contributed by atoms with E-state index in [1.165, 1.54) is 30.8 Å². The van der Waals surface area contributed by atoms with E-state index in [1.54, 1.807) is 0 Å². The van der Waals surface area contributed by atoms with Crippen LogP contribution in [-0.4, -0.2) is 27.8 Å². The molecular formula is C12H22OS2. The first kappa shape index (κ1) is 12.1. The fourth-order valence-corrected chi connectivity index (χ4v) is 6.01. The summed E-state index contributed by atoms with van der Waals surface area (Å²) in [7, 11) is 0. The molecule has 0 radical (unpaired) electrons. The summed E-state index contributed by atoms with van der Waals surface area (Å²) >= 11 is 4.31. The summed E-state index contributed by atoms with van der Waals surface area (Å²) in [5.74, 6) is 3.42. The molecule has 0 amide bonds. The van der Waals surface area contributed by atoms with Crippen LogP contribution in [0.3, 0.4) is 0 Å². The zero-order valence-corrected chi connectivity index (χ0v) is 11.6. The minimum absolute atomic E-state index is 0.435. The monoisotopic (exact) mass is 246 g/mol. The third kappa shape index (κ3) is 2.34. The van der Waals surface area contributed by atoms with Crippen LogP contribution in [0.4, 0.5) is 0 Å². The van der Waals surface area contributed by atoms with Gasteiger partial charge in [0, 0.05) is 17.4 Å². The predicted octanol–water partition coefficient (Wildman–Crippen LogP) is 3.78. The molecule has 0 saturated carbocycles. The van der Waals surface area contributed by atoms with Crippen LogP contribution < -0.4 is 0 Å². The van der Waals surface area contributed by atoms with Gasteiger partial charge in [-0.05, 0) is 26.2 Å². The Morgan fingerprint density at radius 1 is 1.20 bits per heavy atom. The molecule has 3 heteroatoms. The molecule has 0 aliphatic carbocycles. The van der Waals surface area contributed by atoms with Gasteiger partial charge in [0.2, 0.25) is 0 Å². The molecule has 0 aromatic carbocycles.